The molecule has 7 rings (SSSR count). The van der Waals surface area contributed by atoms with E-state index in [4.69, 9.17) is 27.9 Å². The topological polar surface area (TPSA) is 154 Å². The number of aliphatic carboxylic acids is 1. The minimum Gasteiger partial charge on any atom is -0.505 e. The van der Waals surface area contributed by atoms with Gasteiger partial charge in [-0.25, -0.2) is 4.39 Å². The molecule has 0 aromatic heterocycles. The summed E-state index contributed by atoms with van der Waals surface area (Å²) in [6.07, 6.45) is 1.32. The molecule has 6 atom stereocenters. The molecule has 2 saturated heterocycles. The molecule has 2 heterocycles. The number of benzene rings is 3. The van der Waals surface area contributed by atoms with E-state index in [1.807, 2.05) is 0 Å². The van der Waals surface area contributed by atoms with Crippen LogP contribution in [0, 0.1) is 29.5 Å². The van der Waals surface area contributed by atoms with Gasteiger partial charge in [-0.15, -0.1) is 0 Å². The van der Waals surface area contributed by atoms with E-state index in [-0.39, 0.29) is 35.7 Å². The van der Waals surface area contributed by atoms with Crippen LogP contribution in [0.2, 0.25) is 10.0 Å². The van der Waals surface area contributed by atoms with Gasteiger partial charge in [-0.2, -0.15) is 5.01 Å². The first kappa shape index (κ1) is 33.6. The Labute approximate surface area is 295 Å². The smallest absolute Gasteiger partial charge is 0.305 e. The number of aromatic hydroxyl groups is 1. The molecule has 0 bridgehead atoms. The van der Waals surface area contributed by atoms with Gasteiger partial charge in [0.25, 0.3) is 11.8 Å². The summed E-state index contributed by atoms with van der Waals surface area (Å²) in [5, 5.41) is 21.9. The fraction of sp³-hybridized carbons (Fsp3) is 0.306. The molecule has 2 aliphatic heterocycles. The van der Waals surface area contributed by atoms with Gasteiger partial charge >= 0.3 is 5.97 Å². The lowest BCUT2D eigenvalue weighted by molar-refractivity contribution is -0.143. The van der Waals surface area contributed by atoms with Crippen LogP contribution in [0.15, 0.2) is 72.3 Å². The molecule has 14 heteroatoms. The summed E-state index contributed by atoms with van der Waals surface area (Å²) in [6, 6.07) is 14.9. The summed E-state index contributed by atoms with van der Waals surface area (Å²) in [7, 11) is 1.48. The third-order valence-electron chi connectivity index (χ3n) is 10.5. The molecule has 4 amide bonds. The minimum absolute atomic E-state index is 0.0206. The van der Waals surface area contributed by atoms with E-state index < -0.39 is 82.6 Å². The largest absolute Gasteiger partial charge is 0.505 e. The van der Waals surface area contributed by atoms with Crippen molar-refractivity contribution in [3.63, 3.8) is 0 Å². The Hall–Kier alpha value is -4.94. The molecule has 3 N–H and O–H groups in total. The Morgan fingerprint density at radius 2 is 1.76 bits per heavy atom. The molecule has 11 nitrogen and oxygen atoms in total. The molecule has 50 heavy (non-hydrogen) atoms. The molecule has 0 spiro atoms. The average molecular weight is 723 g/mol. The second-order valence-electron chi connectivity index (χ2n) is 12.9. The molecule has 258 valence electrons. The number of halogens is 3. The highest BCUT2D eigenvalue weighted by Crippen LogP contribution is 2.65. The molecule has 2 aliphatic carbocycles. The molecular formula is C36H30Cl2FN3O8. The molecule has 1 saturated carbocycles. The van der Waals surface area contributed by atoms with Crippen molar-refractivity contribution in [2.75, 3.05) is 19.1 Å². The molecular weight excluding hydrogens is 692 g/mol. The number of amides is 4. The van der Waals surface area contributed by atoms with Gasteiger partial charge in [0, 0.05) is 23.0 Å². The molecule has 0 unspecified atom stereocenters. The number of phenols is 1. The highest BCUT2D eigenvalue weighted by molar-refractivity contribution is 6.36. The molecule has 3 fully saturated rings. The lowest BCUT2D eigenvalue weighted by Crippen LogP contribution is -2.53. The fourth-order valence-electron chi connectivity index (χ4n) is 8.45. The highest BCUT2D eigenvalue weighted by Gasteiger charge is 2.70. The Morgan fingerprint density at radius 3 is 2.44 bits per heavy atom. The normalized spacial score (nSPS) is 27.1. The number of hydrogen-bond donors (Lipinski definition) is 3. The van der Waals surface area contributed by atoms with Gasteiger partial charge in [0.05, 0.1) is 47.4 Å². The van der Waals surface area contributed by atoms with Crippen molar-refractivity contribution in [1.29, 1.82) is 0 Å². The SMILES string of the molecule is COc1ccc([C@@]23C(=O)N(Nc4ccc(Cl)cc4Cl)C(=O)[C@@H]2C[C@@H]2C(=CC[C@@H]4C(=O)N(CCC(=O)O)C(=O)[C@@H]42)[C@@H]3c2cccc(F)c2O)cc1. The van der Waals surface area contributed by atoms with E-state index in [2.05, 4.69) is 5.43 Å². The first-order valence-electron chi connectivity index (χ1n) is 15.9. The molecule has 0 radical (unpaired) electrons. The monoisotopic (exact) mass is 721 g/mol. The highest BCUT2D eigenvalue weighted by atomic mass is 35.5. The average Bonchev–Trinajstić information content (AvgIpc) is 3.46. The number of ether oxygens (including phenoxy) is 1. The van der Waals surface area contributed by atoms with Crippen LogP contribution in [0.4, 0.5) is 10.1 Å². The Morgan fingerprint density at radius 1 is 1.02 bits per heavy atom. The zero-order valence-electron chi connectivity index (χ0n) is 26.4. The predicted octanol–water partition coefficient (Wildman–Crippen LogP) is 5.31. The van der Waals surface area contributed by atoms with E-state index in [1.54, 1.807) is 30.3 Å². The number of para-hydroxylation sites is 1. The van der Waals surface area contributed by atoms with Crippen LogP contribution in [-0.4, -0.2) is 63.4 Å². The Balaban J connectivity index is 1.45. The van der Waals surface area contributed by atoms with Crippen LogP contribution >= 0.6 is 23.2 Å². The number of hydrogen-bond acceptors (Lipinski definition) is 8. The first-order chi connectivity index (χ1) is 23.9. The Kier molecular flexibility index (Phi) is 8.34. The third kappa shape index (κ3) is 4.95. The van der Waals surface area contributed by atoms with Gasteiger partial charge in [0.1, 0.15) is 5.75 Å². The Bertz CT molecular complexity index is 2010. The zero-order valence-corrected chi connectivity index (χ0v) is 28.0. The summed E-state index contributed by atoms with van der Waals surface area (Å²) in [4.78, 5) is 69.6. The van der Waals surface area contributed by atoms with Crippen molar-refractivity contribution in [3.05, 3.63) is 99.3 Å². The minimum atomic E-state index is -1.79. The van der Waals surface area contributed by atoms with Gasteiger partial charge in [0.2, 0.25) is 11.8 Å². The maximum atomic E-state index is 15.2. The first-order valence-corrected chi connectivity index (χ1v) is 16.6. The van der Waals surface area contributed by atoms with Crippen molar-refractivity contribution < 1.29 is 43.3 Å². The number of phenolic OH excluding ortho intramolecular Hbond substituents is 1. The second kappa shape index (κ2) is 12.4. The van der Waals surface area contributed by atoms with Crippen LogP contribution < -0.4 is 10.2 Å². The van der Waals surface area contributed by atoms with Crippen LogP contribution in [0.25, 0.3) is 0 Å². The quantitative estimate of drug-likeness (QED) is 0.208. The summed E-state index contributed by atoms with van der Waals surface area (Å²) in [5.74, 6) is -9.81. The van der Waals surface area contributed by atoms with E-state index >= 15 is 9.18 Å². The molecule has 3 aromatic rings. The number of carbonyl (C=O) groups excluding carboxylic acids is 4. The second-order valence-corrected chi connectivity index (χ2v) is 13.7. The number of allylic oxidation sites excluding steroid dienone is 2. The van der Waals surface area contributed by atoms with Gasteiger partial charge in [-0.1, -0.05) is 59.1 Å². The fourth-order valence-corrected chi connectivity index (χ4v) is 8.90. The number of carboxylic acids is 1. The maximum Gasteiger partial charge on any atom is 0.305 e. The van der Waals surface area contributed by atoms with Gasteiger partial charge in [0.15, 0.2) is 11.6 Å². The van der Waals surface area contributed by atoms with Crippen LogP contribution in [0.1, 0.15) is 36.3 Å². The van der Waals surface area contributed by atoms with Crippen molar-refractivity contribution in [1.82, 2.24) is 9.91 Å². The van der Waals surface area contributed by atoms with Gasteiger partial charge in [-0.05, 0) is 60.7 Å². The van der Waals surface area contributed by atoms with Crippen molar-refractivity contribution in [2.45, 2.75) is 30.6 Å². The number of likely N-dealkylation sites (tertiary alicyclic amines) is 1. The van der Waals surface area contributed by atoms with Gasteiger partial charge < -0.3 is 14.9 Å². The van der Waals surface area contributed by atoms with E-state index in [1.165, 1.54) is 37.4 Å². The maximum absolute atomic E-state index is 15.2. The summed E-state index contributed by atoms with van der Waals surface area (Å²) in [5.41, 5.74) is 2.17. The van der Waals surface area contributed by atoms with Crippen molar-refractivity contribution in [2.24, 2.45) is 23.7 Å². The number of nitrogens with zero attached hydrogens (tertiary/aromatic N) is 2. The number of nitrogens with one attached hydrogen (secondary N) is 1. The molecule has 4 aliphatic rings. The van der Waals surface area contributed by atoms with E-state index in [9.17, 15) is 29.4 Å². The van der Waals surface area contributed by atoms with Crippen molar-refractivity contribution >= 4 is 58.5 Å². The number of methoxy groups -OCH3 is 1. The zero-order chi connectivity index (χ0) is 35.6. The number of hydrazine groups is 1. The summed E-state index contributed by atoms with van der Waals surface area (Å²) < 4.78 is 20.6. The van der Waals surface area contributed by atoms with Crippen molar-refractivity contribution in [3.8, 4) is 11.5 Å². The van der Waals surface area contributed by atoms with E-state index in [0.29, 0.717) is 21.9 Å². The number of anilines is 1. The lowest BCUT2D eigenvalue weighted by atomic mass is 9.49. The number of imide groups is 2. The van der Waals surface area contributed by atoms with Crippen LogP contribution in [0.3, 0.4) is 0 Å². The molecule has 3 aromatic carbocycles. The number of carboxylic acid groups (broad SMARTS) is 1. The number of carbonyl (C=O) groups is 5. The van der Waals surface area contributed by atoms with Crippen LogP contribution in [-0.2, 0) is 29.4 Å². The van der Waals surface area contributed by atoms with E-state index in [0.717, 1.165) is 16.0 Å². The van der Waals surface area contributed by atoms with Crippen LogP contribution in [0.5, 0.6) is 11.5 Å². The summed E-state index contributed by atoms with van der Waals surface area (Å²) in [6.45, 7) is -0.313. The predicted molar refractivity (Wildman–Crippen MR) is 178 cm³/mol. The summed E-state index contributed by atoms with van der Waals surface area (Å²) >= 11 is 12.5. The standard InChI is InChI=1S/C36H30Cl2FN3O8/c1-50-19-8-5-17(6-9-19)36-24(33(47)42(35(36)49)40-27-12-7-18(37)15-25(27)38)16-23-20(30(36)22-3-2-4-26(39)31(22)45)10-11-21-29(23)34(48)41(32(21)46)14-13-28(43)44/h2-10,12,15,21,23-24,29-30,40,45H,11,13-14,16H2,1H3,(H,43,44)/t21-,23+,24-,29-,30+,36+/m0/s1. The third-order valence-corrected chi connectivity index (χ3v) is 11.1. The number of rotatable bonds is 8. The number of fused-ring (bicyclic) bond motifs is 4. The lowest BCUT2D eigenvalue weighted by Gasteiger charge is -2.50. The van der Waals surface area contributed by atoms with Gasteiger partial charge in [-0.3, -0.25) is 34.3 Å².